The lowest BCUT2D eigenvalue weighted by molar-refractivity contribution is -0.141. The van der Waals surface area contributed by atoms with Crippen LogP contribution < -0.4 is 5.32 Å². The number of carbonyl (C=O) groups is 1. The van der Waals surface area contributed by atoms with E-state index in [9.17, 15) is 18.0 Å². The number of aromatic nitrogens is 5. The van der Waals surface area contributed by atoms with E-state index in [0.717, 1.165) is 27.1 Å². The number of nitrogens with one attached hydrogen (secondary N) is 1. The molecule has 0 radical (unpaired) electrons. The van der Waals surface area contributed by atoms with Gasteiger partial charge in [-0.15, -0.1) is 0 Å². The molecular formula is C21H21F3N6O. The number of nitrogens with zero attached hydrogens (tertiary/aromatic N) is 5. The summed E-state index contributed by atoms with van der Waals surface area (Å²) < 4.78 is 40.8. The molecular weight excluding hydrogens is 409 g/mol. The van der Waals surface area contributed by atoms with Crippen LogP contribution in [-0.2, 0) is 24.8 Å². The van der Waals surface area contributed by atoms with E-state index in [1.54, 1.807) is 13.0 Å². The molecule has 31 heavy (non-hydrogen) atoms. The highest BCUT2D eigenvalue weighted by molar-refractivity contribution is 5.82. The minimum Gasteiger partial charge on any atom is -0.348 e. The van der Waals surface area contributed by atoms with Crippen molar-refractivity contribution in [3.63, 3.8) is 0 Å². The van der Waals surface area contributed by atoms with Crippen LogP contribution in [0.1, 0.15) is 30.0 Å². The van der Waals surface area contributed by atoms with E-state index in [1.807, 2.05) is 36.7 Å². The standard InChI is InChI=1S/C21H21F3N6O/c1-12(16-8-15-9-26-30(11-21(22,23)24)19(15)10-25-16)27-20(31)7-14-4-5-18-17(6-14)28-13(2)29(18)3/h4-6,8-10,12H,7,11H2,1-3H3,(H,27,31)/t12-/m1/s1. The molecule has 1 N–H and O–H groups in total. The maximum atomic E-state index is 12.6. The minimum atomic E-state index is -4.37. The first-order valence-corrected chi connectivity index (χ1v) is 9.70. The lowest BCUT2D eigenvalue weighted by Crippen LogP contribution is -2.28. The molecule has 0 saturated carbocycles. The fraction of sp³-hybridized carbons (Fsp3) is 0.333. The number of hydrogen-bond acceptors (Lipinski definition) is 4. The second-order valence-electron chi connectivity index (χ2n) is 7.59. The summed E-state index contributed by atoms with van der Waals surface area (Å²) in [4.78, 5) is 21.2. The number of benzene rings is 1. The van der Waals surface area contributed by atoms with Gasteiger partial charge < -0.3 is 9.88 Å². The molecule has 1 aromatic carbocycles. The third-order valence-electron chi connectivity index (χ3n) is 5.23. The first-order valence-electron chi connectivity index (χ1n) is 9.70. The molecule has 10 heteroatoms. The van der Waals surface area contributed by atoms with Gasteiger partial charge in [-0.3, -0.25) is 14.5 Å². The van der Waals surface area contributed by atoms with Gasteiger partial charge in [-0.25, -0.2) is 4.98 Å². The predicted molar refractivity (Wildman–Crippen MR) is 109 cm³/mol. The number of carbonyl (C=O) groups excluding carboxylic acids is 1. The lowest BCUT2D eigenvalue weighted by atomic mass is 10.1. The SMILES string of the molecule is Cc1nc2cc(CC(=O)N[C@H](C)c3cc4cnn(CC(F)(F)F)c4cn3)ccc2n1C. The number of aryl methyl sites for hydroxylation is 2. The van der Waals surface area contributed by atoms with E-state index in [2.05, 4.69) is 20.4 Å². The zero-order valence-electron chi connectivity index (χ0n) is 17.2. The van der Waals surface area contributed by atoms with Gasteiger partial charge in [-0.05, 0) is 37.6 Å². The molecule has 3 heterocycles. The third kappa shape index (κ3) is 4.37. The van der Waals surface area contributed by atoms with Crippen LogP contribution in [0.2, 0.25) is 0 Å². The quantitative estimate of drug-likeness (QED) is 0.525. The van der Waals surface area contributed by atoms with Crippen molar-refractivity contribution in [1.82, 2.24) is 29.6 Å². The van der Waals surface area contributed by atoms with Crippen molar-refractivity contribution < 1.29 is 18.0 Å². The number of hydrogen-bond donors (Lipinski definition) is 1. The fourth-order valence-corrected chi connectivity index (χ4v) is 3.55. The Kier molecular flexibility index (Phi) is 5.16. The topological polar surface area (TPSA) is 77.6 Å². The van der Waals surface area contributed by atoms with E-state index in [4.69, 9.17) is 0 Å². The van der Waals surface area contributed by atoms with Crippen LogP contribution in [0, 0.1) is 6.92 Å². The average molecular weight is 430 g/mol. The van der Waals surface area contributed by atoms with Gasteiger partial charge in [-0.2, -0.15) is 18.3 Å². The summed E-state index contributed by atoms with van der Waals surface area (Å²) in [7, 11) is 1.94. The minimum absolute atomic E-state index is 0.182. The van der Waals surface area contributed by atoms with E-state index in [-0.39, 0.29) is 12.3 Å². The molecule has 0 aliphatic carbocycles. The van der Waals surface area contributed by atoms with Gasteiger partial charge in [0.2, 0.25) is 5.91 Å². The van der Waals surface area contributed by atoms with Crippen molar-refractivity contribution in [1.29, 1.82) is 0 Å². The van der Waals surface area contributed by atoms with Crippen molar-refractivity contribution >= 4 is 27.8 Å². The fourth-order valence-electron chi connectivity index (χ4n) is 3.55. The van der Waals surface area contributed by atoms with Gasteiger partial charge in [0, 0.05) is 12.4 Å². The zero-order chi connectivity index (χ0) is 22.3. The number of halogens is 3. The number of fused-ring (bicyclic) bond motifs is 2. The molecule has 1 atom stereocenters. The van der Waals surface area contributed by atoms with E-state index < -0.39 is 18.8 Å². The summed E-state index contributed by atoms with van der Waals surface area (Å²) in [5, 5.41) is 7.21. The van der Waals surface area contributed by atoms with Gasteiger partial charge in [0.1, 0.15) is 12.4 Å². The largest absolute Gasteiger partial charge is 0.408 e. The van der Waals surface area contributed by atoms with Gasteiger partial charge in [0.15, 0.2) is 0 Å². The van der Waals surface area contributed by atoms with Crippen LogP contribution in [0.3, 0.4) is 0 Å². The molecule has 0 aliphatic heterocycles. The molecule has 4 aromatic rings. The molecule has 0 unspecified atom stereocenters. The average Bonchev–Trinajstić information content (AvgIpc) is 3.20. The van der Waals surface area contributed by atoms with Crippen molar-refractivity contribution in [2.45, 2.75) is 39.0 Å². The molecule has 3 aromatic heterocycles. The first kappa shape index (κ1) is 20.8. The summed E-state index contributed by atoms with van der Waals surface area (Å²) >= 11 is 0. The molecule has 0 fully saturated rings. The predicted octanol–water partition coefficient (Wildman–Crippen LogP) is 3.61. The highest BCUT2D eigenvalue weighted by Gasteiger charge is 2.29. The number of imidazole rings is 1. The number of rotatable bonds is 5. The Labute approximate surface area is 175 Å². The highest BCUT2D eigenvalue weighted by Crippen LogP contribution is 2.23. The Hall–Kier alpha value is -3.43. The van der Waals surface area contributed by atoms with Crippen molar-refractivity contribution in [3.8, 4) is 0 Å². The van der Waals surface area contributed by atoms with Crippen molar-refractivity contribution in [2.75, 3.05) is 0 Å². The van der Waals surface area contributed by atoms with Gasteiger partial charge in [0.25, 0.3) is 0 Å². The van der Waals surface area contributed by atoms with Crippen LogP contribution in [0.5, 0.6) is 0 Å². The number of pyridine rings is 1. The number of amides is 1. The first-order chi connectivity index (χ1) is 14.6. The molecule has 0 bridgehead atoms. The molecule has 7 nitrogen and oxygen atoms in total. The Morgan fingerprint density at radius 3 is 2.71 bits per heavy atom. The molecule has 162 valence electrons. The van der Waals surface area contributed by atoms with Crippen LogP contribution in [0.15, 0.2) is 36.7 Å². The monoisotopic (exact) mass is 430 g/mol. The maximum Gasteiger partial charge on any atom is 0.408 e. The Morgan fingerprint density at radius 2 is 1.97 bits per heavy atom. The molecule has 1 amide bonds. The third-order valence-corrected chi connectivity index (χ3v) is 5.23. The van der Waals surface area contributed by atoms with Crippen molar-refractivity contribution in [2.24, 2.45) is 7.05 Å². The summed E-state index contributed by atoms with van der Waals surface area (Å²) in [5.41, 5.74) is 3.51. The van der Waals surface area contributed by atoms with Gasteiger partial charge in [0.05, 0.1) is 47.1 Å². The Bertz CT molecular complexity index is 1270. The zero-order valence-corrected chi connectivity index (χ0v) is 17.2. The van der Waals surface area contributed by atoms with Crippen LogP contribution in [0.25, 0.3) is 21.9 Å². The van der Waals surface area contributed by atoms with E-state index in [1.165, 1.54) is 12.4 Å². The summed E-state index contributed by atoms with van der Waals surface area (Å²) in [6.45, 7) is 2.52. The normalized spacial score (nSPS) is 13.1. The maximum absolute atomic E-state index is 12.6. The molecule has 0 spiro atoms. The van der Waals surface area contributed by atoms with Crippen LogP contribution in [-0.4, -0.2) is 36.4 Å². The molecule has 0 saturated heterocycles. The highest BCUT2D eigenvalue weighted by atomic mass is 19.4. The van der Waals surface area contributed by atoms with Crippen LogP contribution in [0.4, 0.5) is 13.2 Å². The second kappa shape index (κ2) is 7.68. The number of alkyl halides is 3. The lowest BCUT2D eigenvalue weighted by Gasteiger charge is -2.14. The smallest absolute Gasteiger partial charge is 0.348 e. The summed E-state index contributed by atoms with van der Waals surface area (Å²) in [6.07, 6.45) is -1.47. The van der Waals surface area contributed by atoms with Gasteiger partial charge in [-0.1, -0.05) is 6.07 Å². The molecule has 0 aliphatic rings. The summed E-state index contributed by atoms with van der Waals surface area (Å²) in [6, 6.07) is 6.96. The van der Waals surface area contributed by atoms with Crippen LogP contribution >= 0.6 is 0 Å². The molecule has 4 rings (SSSR count). The van der Waals surface area contributed by atoms with Crippen molar-refractivity contribution in [3.05, 3.63) is 53.7 Å². The summed E-state index contributed by atoms with van der Waals surface area (Å²) in [5.74, 6) is 0.708. The van der Waals surface area contributed by atoms with E-state index in [0.29, 0.717) is 16.6 Å². The Balaban J connectivity index is 1.45. The van der Waals surface area contributed by atoms with E-state index >= 15 is 0 Å². The second-order valence-corrected chi connectivity index (χ2v) is 7.59. The Morgan fingerprint density at radius 1 is 1.19 bits per heavy atom. The van der Waals surface area contributed by atoms with Gasteiger partial charge >= 0.3 is 6.18 Å².